The summed E-state index contributed by atoms with van der Waals surface area (Å²) in [7, 11) is 1.80. The number of aromatic nitrogens is 3. The summed E-state index contributed by atoms with van der Waals surface area (Å²) >= 11 is 1.21. The summed E-state index contributed by atoms with van der Waals surface area (Å²) in [5.41, 5.74) is 2.16. The van der Waals surface area contributed by atoms with E-state index in [9.17, 15) is 10.1 Å². The van der Waals surface area contributed by atoms with Crippen LogP contribution in [0.25, 0.3) is 0 Å². The third kappa shape index (κ3) is 3.27. The van der Waals surface area contributed by atoms with E-state index in [-0.39, 0.29) is 21.4 Å². The van der Waals surface area contributed by atoms with Gasteiger partial charge in [0.2, 0.25) is 0 Å². The van der Waals surface area contributed by atoms with E-state index in [1.165, 1.54) is 24.2 Å². The van der Waals surface area contributed by atoms with Gasteiger partial charge in [-0.1, -0.05) is 26.8 Å². The van der Waals surface area contributed by atoms with E-state index in [0.29, 0.717) is 21.5 Å². The zero-order valence-corrected chi connectivity index (χ0v) is 17.8. The van der Waals surface area contributed by atoms with Crippen LogP contribution in [0.1, 0.15) is 45.6 Å². The third-order valence-electron chi connectivity index (χ3n) is 6.95. The lowest BCUT2D eigenvalue weighted by atomic mass is 9.70. The highest BCUT2D eigenvalue weighted by Crippen LogP contribution is 2.64. The summed E-state index contributed by atoms with van der Waals surface area (Å²) in [5.74, 6) is 0.666. The number of nitrogens with zero attached hydrogens (tertiary/aromatic N) is 6. The van der Waals surface area contributed by atoms with Crippen molar-refractivity contribution in [1.82, 2.24) is 14.8 Å². The van der Waals surface area contributed by atoms with E-state index in [2.05, 4.69) is 41.2 Å². The highest BCUT2D eigenvalue weighted by Gasteiger charge is 2.59. The van der Waals surface area contributed by atoms with Gasteiger partial charge in [0.15, 0.2) is 5.16 Å². The molecule has 0 N–H and O–H groups in total. The molecule has 2 fully saturated rings. The van der Waals surface area contributed by atoms with Gasteiger partial charge in [-0.25, -0.2) is 0 Å². The minimum Gasteiger partial charge on any atom is -0.311 e. The number of nitro benzene ring substituents is 1. The van der Waals surface area contributed by atoms with Crippen LogP contribution in [0, 0.1) is 26.9 Å². The van der Waals surface area contributed by atoms with E-state index in [4.69, 9.17) is 0 Å². The molecule has 2 aliphatic carbocycles. The summed E-state index contributed by atoms with van der Waals surface area (Å²) < 4.78 is 1.72. The highest BCUT2D eigenvalue weighted by molar-refractivity contribution is 7.99. The molecule has 2 aliphatic rings. The van der Waals surface area contributed by atoms with Crippen molar-refractivity contribution in [3.8, 4) is 0 Å². The van der Waals surface area contributed by atoms with E-state index >= 15 is 0 Å². The minimum absolute atomic E-state index is 0.0163. The predicted molar refractivity (Wildman–Crippen MR) is 112 cm³/mol. The van der Waals surface area contributed by atoms with Crippen molar-refractivity contribution >= 4 is 29.4 Å². The van der Waals surface area contributed by atoms with Crippen LogP contribution in [0.4, 0.5) is 5.69 Å². The zero-order chi connectivity index (χ0) is 20.8. The molecule has 0 radical (unpaired) electrons. The first kappa shape index (κ1) is 19.8. The molecule has 8 nitrogen and oxygen atoms in total. The Hall–Kier alpha value is -2.55. The van der Waals surface area contributed by atoms with Gasteiger partial charge in [-0.15, -0.1) is 10.2 Å². The first-order chi connectivity index (χ1) is 13.7. The fraction of sp³-hybridized carbons (Fsp3) is 0.500. The van der Waals surface area contributed by atoms with Gasteiger partial charge in [-0.05, 0) is 48.4 Å². The zero-order valence-electron chi connectivity index (χ0n) is 17.0. The maximum Gasteiger partial charge on any atom is 0.283 e. The summed E-state index contributed by atoms with van der Waals surface area (Å²) in [6.07, 6.45) is 6.56. The van der Waals surface area contributed by atoms with Gasteiger partial charge < -0.3 is 4.57 Å². The molecule has 1 heterocycles. The third-order valence-corrected chi connectivity index (χ3v) is 8.07. The summed E-state index contributed by atoms with van der Waals surface area (Å²) in [6.45, 7) is 6.94. The van der Waals surface area contributed by atoms with E-state index < -0.39 is 0 Å². The Balaban J connectivity index is 1.56. The molecule has 2 aromatic rings. The second-order valence-corrected chi connectivity index (χ2v) is 9.60. The molecular weight excluding hydrogens is 388 g/mol. The van der Waals surface area contributed by atoms with Gasteiger partial charge >= 0.3 is 0 Å². The van der Waals surface area contributed by atoms with Gasteiger partial charge in [0.1, 0.15) is 6.33 Å². The lowest BCUT2D eigenvalue weighted by Gasteiger charge is -2.34. The first-order valence-electron chi connectivity index (χ1n) is 9.63. The summed E-state index contributed by atoms with van der Waals surface area (Å²) in [6, 6.07) is 5.05. The SMILES string of the molecule is Cn1cnnc1Sc1ccc(/C=N\N=C2\C[C@@H]3CC[C@@]2(C)C3(C)C)cc1[N+](=O)[O-]. The molecule has 0 amide bonds. The number of aryl methyl sites for hydroxylation is 1. The van der Waals surface area contributed by atoms with Crippen molar-refractivity contribution in [3.05, 3.63) is 40.2 Å². The molecule has 1 aromatic heterocycles. The van der Waals surface area contributed by atoms with Crippen molar-refractivity contribution in [2.24, 2.45) is 34.0 Å². The Morgan fingerprint density at radius 3 is 2.76 bits per heavy atom. The first-order valence-corrected chi connectivity index (χ1v) is 10.4. The maximum atomic E-state index is 11.5. The predicted octanol–water partition coefficient (Wildman–Crippen LogP) is 4.50. The molecule has 0 spiro atoms. The molecule has 0 unspecified atom stereocenters. The van der Waals surface area contributed by atoms with Gasteiger partial charge in [-0.3, -0.25) is 10.1 Å². The van der Waals surface area contributed by atoms with E-state index in [1.807, 2.05) is 6.07 Å². The molecule has 0 saturated heterocycles. The quantitative estimate of drug-likeness (QED) is 0.409. The minimum atomic E-state index is -0.387. The lowest BCUT2D eigenvalue weighted by Crippen LogP contribution is -2.32. The molecule has 2 saturated carbocycles. The van der Waals surface area contributed by atoms with Crippen LogP contribution in [0.3, 0.4) is 0 Å². The number of rotatable bonds is 5. The number of fused-ring (bicyclic) bond motifs is 2. The van der Waals surface area contributed by atoms with Gasteiger partial charge in [0.05, 0.1) is 16.0 Å². The van der Waals surface area contributed by atoms with Crippen molar-refractivity contribution in [3.63, 3.8) is 0 Å². The van der Waals surface area contributed by atoms with E-state index in [0.717, 1.165) is 18.6 Å². The molecular formula is C20H24N6O2S. The van der Waals surface area contributed by atoms with Crippen LogP contribution in [0.15, 0.2) is 44.8 Å². The highest BCUT2D eigenvalue weighted by atomic mass is 32.2. The molecule has 2 bridgehead atoms. The molecule has 1 aromatic carbocycles. The number of benzene rings is 1. The molecule has 29 heavy (non-hydrogen) atoms. The summed E-state index contributed by atoms with van der Waals surface area (Å²) in [4.78, 5) is 11.7. The second kappa shape index (κ2) is 7.05. The van der Waals surface area contributed by atoms with Crippen molar-refractivity contribution in [2.45, 2.75) is 50.1 Å². The van der Waals surface area contributed by atoms with Crippen LogP contribution in [0.5, 0.6) is 0 Å². The Labute approximate surface area is 173 Å². The largest absolute Gasteiger partial charge is 0.311 e. The monoisotopic (exact) mass is 412 g/mol. The van der Waals surface area contributed by atoms with Gasteiger partial charge in [0.25, 0.3) is 5.69 Å². The smallest absolute Gasteiger partial charge is 0.283 e. The Morgan fingerprint density at radius 2 is 2.17 bits per heavy atom. The van der Waals surface area contributed by atoms with Crippen molar-refractivity contribution in [1.29, 1.82) is 0 Å². The second-order valence-electron chi connectivity index (χ2n) is 8.60. The number of nitro groups is 1. The molecule has 0 aliphatic heterocycles. The lowest BCUT2D eigenvalue weighted by molar-refractivity contribution is -0.387. The van der Waals surface area contributed by atoms with Crippen LogP contribution >= 0.6 is 11.8 Å². The van der Waals surface area contributed by atoms with Crippen LogP contribution in [-0.4, -0.2) is 31.6 Å². The summed E-state index contributed by atoms with van der Waals surface area (Å²) in [5, 5.41) is 28.7. The van der Waals surface area contributed by atoms with Crippen molar-refractivity contribution < 1.29 is 4.92 Å². The fourth-order valence-electron chi connectivity index (χ4n) is 4.55. The Bertz CT molecular complexity index is 1030. The topological polar surface area (TPSA) is 98.6 Å². The fourth-order valence-corrected chi connectivity index (χ4v) is 5.40. The van der Waals surface area contributed by atoms with Crippen molar-refractivity contribution in [2.75, 3.05) is 0 Å². The number of hydrogen-bond donors (Lipinski definition) is 0. The Kier molecular flexibility index (Phi) is 4.80. The van der Waals surface area contributed by atoms with Gasteiger partial charge in [-0.2, -0.15) is 10.2 Å². The van der Waals surface area contributed by atoms with Gasteiger partial charge in [0, 0.05) is 29.8 Å². The molecule has 9 heteroatoms. The molecule has 152 valence electrons. The molecule has 4 rings (SSSR count). The van der Waals surface area contributed by atoms with Crippen LogP contribution < -0.4 is 0 Å². The Morgan fingerprint density at radius 1 is 1.38 bits per heavy atom. The van der Waals surface area contributed by atoms with Crippen LogP contribution in [0.2, 0.25) is 0 Å². The van der Waals surface area contributed by atoms with E-state index in [1.54, 1.807) is 30.2 Å². The average molecular weight is 413 g/mol. The average Bonchev–Trinajstić information content (AvgIpc) is 3.23. The normalized spacial score (nSPS) is 26.6. The molecule has 2 atom stereocenters. The number of hydrogen-bond acceptors (Lipinski definition) is 7. The standard InChI is InChI=1S/C20H24N6O2S/c1-19(2)14-7-8-20(19,3)17(10-14)23-21-11-13-5-6-16(15(9-13)26(27)28)29-18-24-22-12-25(18)4/h5-6,9,11-12,14H,7-8,10H2,1-4H3/b21-11-,23-17-/t14-,20+/m0/s1. The van der Waals surface area contributed by atoms with Crippen LogP contribution in [-0.2, 0) is 7.05 Å². The maximum absolute atomic E-state index is 11.5.